The van der Waals surface area contributed by atoms with Crippen molar-refractivity contribution in [1.82, 2.24) is 20.2 Å². The highest BCUT2D eigenvalue weighted by Gasteiger charge is 2.54. The molecule has 0 aromatic carbocycles. The second-order valence-electron chi connectivity index (χ2n) is 8.25. The summed E-state index contributed by atoms with van der Waals surface area (Å²) in [5.41, 5.74) is 11.4. The van der Waals surface area contributed by atoms with Crippen molar-refractivity contribution in [3.63, 3.8) is 0 Å². The molecule has 39 heavy (non-hydrogen) atoms. The van der Waals surface area contributed by atoms with E-state index < -0.39 is 41.3 Å². The number of carbonyl (C=O) groups excluding carboxylic acids is 2. The van der Waals surface area contributed by atoms with Crippen LogP contribution in [-0.2, 0) is 31.1 Å². The van der Waals surface area contributed by atoms with E-state index in [4.69, 9.17) is 21.4 Å². The number of aliphatic carboxylic acids is 2. The molecule has 206 valence electrons. The van der Waals surface area contributed by atoms with Gasteiger partial charge in [0.15, 0.2) is 10.8 Å². The molecule has 4 rings (SSSR count). The number of anilines is 2. The van der Waals surface area contributed by atoms with Gasteiger partial charge < -0.3 is 31.8 Å². The highest BCUT2D eigenvalue weighted by atomic mass is 32.2. The van der Waals surface area contributed by atoms with Crippen LogP contribution < -0.4 is 21.4 Å². The zero-order valence-corrected chi connectivity index (χ0v) is 22.9. The Hall–Kier alpha value is -3.90. The van der Waals surface area contributed by atoms with Crippen LogP contribution >= 0.6 is 34.9 Å². The SMILES string of the molecule is C[C@H](O/N=C(\C(=O)NC1C(=O)N2C(C(=O)O)=C(CSc3nc(N)cc[n+]3C)CS[C@H]12)c1csc(N)n1)C(=O)O. The second kappa shape index (κ2) is 11.5. The van der Waals surface area contributed by atoms with E-state index in [1.807, 2.05) is 0 Å². The molecule has 15 nitrogen and oxygen atoms in total. The summed E-state index contributed by atoms with van der Waals surface area (Å²) >= 11 is 3.60. The molecule has 0 saturated carbocycles. The van der Waals surface area contributed by atoms with E-state index in [2.05, 4.69) is 20.4 Å². The number of amides is 2. The van der Waals surface area contributed by atoms with Gasteiger partial charge in [-0.25, -0.2) is 19.1 Å². The van der Waals surface area contributed by atoms with Crippen LogP contribution in [0.25, 0.3) is 0 Å². The molecule has 18 heteroatoms. The second-order valence-corrected chi connectivity index (χ2v) is 11.2. The van der Waals surface area contributed by atoms with E-state index in [-0.39, 0.29) is 28.0 Å². The Balaban J connectivity index is 1.51. The van der Waals surface area contributed by atoms with E-state index in [0.717, 1.165) is 16.2 Å². The fraction of sp³-hybridized carbons (Fsp3) is 0.333. The van der Waals surface area contributed by atoms with E-state index in [9.17, 15) is 24.3 Å². The van der Waals surface area contributed by atoms with Gasteiger partial charge in [-0.1, -0.05) is 5.16 Å². The number of hydrogen-bond acceptors (Lipinski definition) is 13. The number of oxime groups is 1. The lowest BCUT2D eigenvalue weighted by Crippen LogP contribution is -2.71. The summed E-state index contributed by atoms with van der Waals surface area (Å²) in [5.74, 6) is -3.18. The normalized spacial score (nSPS) is 19.7. The minimum absolute atomic E-state index is 0.0290. The third kappa shape index (κ3) is 5.91. The number of hydrogen-bond donors (Lipinski definition) is 5. The Bertz CT molecular complexity index is 1410. The quantitative estimate of drug-likeness (QED) is 0.0570. The van der Waals surface area contributed by atoms with E-state index >= 15 is 0 Å². The van der Waals surface area contributed by atoms with Crippen LogP contribution in [0.2, 0.25) is 0 Å². The molecule has 3 atom stereocenters. The molecule has 7 N–H and O–H groups in total. The lowest BCUT2D eigenvalue weighted by atomic mass is 10.0. The molecule has 2 aliphatic rings. The molecule has 1 saturated heterocycles. The van der Waals surface area contributed by atoms with Gasteiger partial charge in [0.1, 0.15) is 22.8 Å². The van der Waals surface area contributed by atoms with Crippen molar-refractivity contribution in [1.29, 1.82) is 0 Å². The van der Waals surface area contributed by atoms with Gasteiger partial charge in [0, 0.05) is 23.0 Å². The van der Waals surface area contributed by atoms with Crippen LogP contribution in [0.3, 0.4) is 0 Å². The zero-order valence-electron chi connectivity index (χ0n) is 20.4. The first-order valence-electron chi connectivity index (χ1n) is 11.1. The predicted octanol–water partition coefficient (Wildman–Crippen LogP) is -0.748. The summed E-state index contributed by atoms with van der Waals surface area (Å²) in [7, 11) is 1.78. The third-order valence-electron chi connectivity index (χ3n) is 5.54. The lowest BCUT2D eigenvalue weighted by molar-refractivity contribution is -0.713. The number of carboxylic acid groups (broad SMARTS) is 2. The monoisotopic (exact) mass is 595 g/mol. The van der Waals surface area contributed by atoms with Crippen molar-refractivity contribution in [2.45, 2.75) is 29.6 Å². The largest absolute Gasteiger partial charge is 0.478 e. The van der Waals surface area contributed by atoms with Gasteiger partial charge in [-0.2, -0.15) is 0 Å². The summed E-state index contributed by atoms with van der Waals surface area (Å²) in [5, 5.41) is 26.6. The number of nitrogen functional groups attached to an aromatic ring is 2. The molecule has 2 aromatic heterocycles. The Morgan fingerprint density at radius 3 is 2.74 bits per heavy atom. The Kier molecular flexibility index (Phi) is 8.26. The van der Waals surface area contributed by atoms with Crippen molar-refractivity contribution in [2.75, 3.05) is 23.0 Å². The summed E-state index contributed by atoms with van der Waals surface area (Å²) in [6, 6.07) is 0.580. The number of carboxylic acids is 2. The molecule has 1 unspecified atom stereocenters. The average molecular weight is 596 g/mol. The predicted molar refractivity (Wildman–Crippen MR) is 141 cm³/mol. The van der Waals surface area contributed by atoms with Crippen LogP contribution in [0.1, 0.15) is 12.6 Å². The molecule has 2 aromatic rings. The molecule has 0 aliphatic carbocycles. The number of nitrogens with two attached hydrogens (primary N) is 2. The molecular formula is C21H23N8O7S3+. The maximum absolute atomic E-state index is 13.1. The van der Waals surface area contributed by atoms with Crippen molar-refractivity contribution < 1.29 is 38.8 Å². The first kappa shape index (κ1) is 28.1. The number of aromatic nitrogens is 3. The maximum Gasteiger partial charge on any atom is 0.361 e. The molecule has 1 fully saturated rings. The molecule has 4 heterocycles. The van der Waals surface area contributed by atoms with Gasteiger partial charge in [-0.3, -0.25) is 14.5 Å². The van der Waals surface area contributed by atoms with Crippen molar-refractivity contribution in [3.05, 3.63) is 34.6 Å². The summed E-state index contributed by atoms with van der Waals surface area (Å²) in [6.07, 6.45) is 0.377. The Morgan fingerprint density at radius 1 is 1.36 bits per heavy atom. The highest BCUT2D eigenvalue weighted by Crippen LogP contribution is 2.41. The van der Waals surface area contributed by atoms with Crippen LogP contribution in [0, 0.1) is 0 Å². The van der Waals surface area contributed by atoms with Crippen molar-refractivity contribution in [3.8, 4) is 0 Å². The van der Waals surface area contributed by atoms with E-state index in [0.29, 0.717) is 22.3 Å². The third-order valence-corrected chi connectivity index (χ3v) is 8.68. The number of thiazole rings is 1. The van der Waals surface area contributed by atoms with E-state index in [1.165, 1.54) is 35.8 Å². The summed E-state index contributed by atoms with van der Waals surface area (Å²) in [6.45, 7) is 1.22. The van der Waals surface area contributed by atoms with Crippen LogP contribution in [-0.4, -0.2) is 83.6 Å². The fourth-order valence-electron chi connectivity index (χ4n) is 3.55. The topological polar surface area (TPSA) is 227 Å². The number of thioether (sulfide) groups is 2. The number of nitrogens with zero attached hydrogens (tertiary/aromatic N) is 5. The van der Waals surface area contributed by atoms with Gasteiger partial charge in [0.2, 0.25) is 11.9 Å². The number of aryl methyl sites for hydroxylation is 1. The fourth-order valence-corrected chi connectivity index (χ4v) is 6.55. The zero-order chi connectivity index (χ0) is 28.4. The van der Waals surface area contributed by atoms with Crippen LogP contribution in [0.5, 0.6) is 0 Å². The van der Waals surface area contributed by atoms with Gasteiger partial charge in [-0.05, 0) is 29.2 Å². The Labute approximate surface area is 233 Å². The molecule has 0 bridgehead atoms. The highest BCUT2D eigenvalue weighted by molar-refractivity contribution is 8.01. The first-order chi connectivity index (χ1) is 18.5. The molecule has 2 aliphatic heterocycles. The lowest BCUT2D eigenvalue weighted by Gasteiger charge is -2.49. The van der Waals surface area contributed by atoms with Gasteiger partial charge in [-0.15, -0.1) is 23.1 Å². The van der Waals surface area contributed by atoms with E-state index in [1.54, 1.807) is 23.9 Å². The van der Waals surface area contributed by atoms with Gasteiger partial charge in [0.05, 0.1) is 13.2 Å². The number of β-lactam (4-membered cyclic amide) rings is 1. The molecule has 2 amide bonds. The molecule has 0 radical (unpaired) electrons. The van der Waals surface area contributed by atoms with Crippen molar-refractivity contribution in [2.24, 2.45) is 12.2 Å². The standard InChI is InChI=1S/C21H22N8O7S3/c1-8(18(32)33)36-27-12(10-7-38-20(23)24-10)15(30)26-13-16(31)29-14(19(34)35)9(5-37-17(13)29)6-39-21-25-11(22)3-4-28(21)2/h3-4,7-8,13,17,22H,5-6H2,1-2H3,(H5,23,24,26,30,32,33,34,35)/p+1/b27-12-/t8-,13?,17+/m0/s1. The number of fused-ring (bicyclic) bond motifs is 1. The minimum atomic E-state index is -1.36. The number of rotatable bonds is 10. The first-order valence-corrected chi connectivity index (χ1v) is 14.0. The number of carbonyl (C=O) groups is 4. The Morgan fingerprint density at radius 2 is 2.10 bits per heavy atom. The average Bonchev–Trinajstić information content (AvgIpc) is 3.32. The molecule has 0 spiro atoms. The van der Waals surface area contributed by atoms with Gasteiger partial charge in [0.25, 0.3) is 11.8 Å². The smallest absolute Gasteiger partial charge is 0.361 e. The van der Waals surface area contributed by atoms with Gasteiger partial charge >= 0.3 is 17.1 Å². The van der Waals surface area contributed by atoms with Crippen LogP contribution in [0.15, 0.2) is 39.2 Å². The molecular weight excluding hydrogens is 572 g/mol. The van der Waals surface area contributed by atoms with Crippen LogP contribution in [0.4, 0.5) is 10.9 Å². The van der Waals surface area contributed by atoms with Crippen molar-refractivity contribution >= 4 is 75.3 Å². The number of nitrogens with one attached hydrogen (secondary N) is 1. The summed E-state index contributed by atoms with van der Waals surface area (Å²) < 4.78 is 1.75. The minimum Gasteiger partial charge on any atom is -0.478 e. The summed E-state index contributed by atoms with van der Waals surface area (Å²) in [4.78, 5) is 63.7. The maximum atomic E-state index is 13.1.